The van der Waals surface area contributed by atoms with Crippen molar-refractivity contribution < 1.29 is 4.79 Å². The van der Waals surface area contributed by atoms with Crippen LogP contribution in [0, 0.1) is 0 Å². The van der Waals surface area contributed by atoms with E-state index in [0.29, 0.717) is 11.6 Å². The number of amides is 1. The van der Waals surface area contributed by atoms with E-state index in [9.17, 15) is 4.79 Å². The maximum absolute atomic E-state index is 11.9. The van der Waals surface area contributed by atoms with Crippen molar-refractivity contribution in [1.29, 1.82) is 0 Å². The monoisotopic (exact) mass is 279 g/mol. The number of hydrogen-bond acceptors (Lipinski definition) is 2. The lowest BCUT2D eigenvalue weighted by Crippen LogP contribution is -2.22. The van der Waals surface area contributed by atoms with E-state index in [1.165, 1.54) is 4.88 Å². The molecule has 0 aliphatic heterocycles. The second-order valence-corrected chi connectivity index (χ2v) is 5.33. The number of rotatable bonds is 4. The third-order valence-corrected chi connectivity index (χ3v) is 4.11. The molecule has 2 aromatic rings. The highest BCUT2D eigenvalue weighted by atomic mass is 35.5. The van der Waals surface area contributed by atoms with Gasteiger partial charge in [-0.3, -0.25) is 4.79 Å². The Balaban J connectivity index is 1.98. The van der Waals surface area contributed by atoms with Crippen LogP contribution in [0.25, 0.3) is 0 Å². The standard InChI is InChI=1S/C14H14ClNOS/c1-2-12-7-11(9-18-12)14(17)16-8-10-5-3-4-6-13(10)15/h3-7,9H,2,8H2,1H3,(H,16,17). The van der Waals surface area contributed by atoms with Gasteiger partial charge in [0.15, 0.2) is 0 Å². The van der Waals surface area contributed by atoms with Gasteiger partial charge >= 0.3 is 0 Å². The zero-order chi connectivity index (χ0) is 13.0. The molecule has 1 aromatic heterocycles. The topological polar surface area (TPSA) is 29.1 Å². The van der Waals surface area contributed by atoms with Crippen LogP contribution in [0.2, 0.25) is 5.02 Å². The number of benzene rings is 1. The van der Waals surface area contributed by atoms with Gasteiger partial charge in [-0.15, -0.1) is 11.3 Å². The molecule has 94 valence electrons. The zero-order valence-corrected chi connectivity index (χ0v) is 11.6. The van der Waals surface area contributed by atoms with E-state index >= 15 is 0 Å². The van der Waals surface area contributed by atoms with Crippen molar-refractivity contribution in [3.63, 3.8) is 0 Å². The summed E-state index contributed by atoms with van der Waals surface area (Å²) in [5.41, 5.74) is 1.65. The van der Waals surface area contributed by atoms with E-state index < -0.39 is 0 Å². The first-order valence-electron chi connectivity index (χ1n) is 5.79. The second kappa shape index (κ2) is 6.03. The van der Waals surface area contributed by atoms with Crippen LogP contribution in [0.5, 0.6) is 0 Å². The predicted octanol–water partition coefficient (Wildman–Crippen LogP) is 3.89. The predicted molar refractivity (Wildman–Crippen MR) is 76.3 cm³/mol. The molecule has 1 aromatic carbocycles. The SMILES string of the molecule is CCc1cc(C(=O)NCc2ccccc2Cl)cs1. The lowest BCUT2D eigenvalue weighted by molar-refractivity contribution is 0.0951. The van der Waals surface area contributed by atoms with Gasteiger partial charge < -0.3 is 5.32 Å². The Labute approximate surface area is 116 Å². The van der Waals surface area contributed by atoms with Gasteiger partial charge in [0.1, 0.15) is 0 Å². The van der Waals surface area contributed by atoms with Crippen molar-refractivity contribution >= 4 is 28.8 Å². The summed E-state index contributed by atoms with van der Waals surface area (Å²) in [6.45, 7) is 2.53. The molecule has 2 rings (SSSR count). The molecule has 2 nitrogen and oxygen atoms in total. The minimum absolute atomic E-state index is 0.0501. The van der Waals surface area contributed by atoms with E-state index in [2.05, 4.69) is 12.2 Å². The highest BCUT2D eigenvalue weighted by molar-refractivity contribution is 7.10. The van der Waals surface area contributed by atoms with Crippen LogP contribution in [-0.2, 0) is 13.0 Å². The van der Waals surface area contributed by atoms with Crippen LogP contribution in [0.15, 0.2) is 35.7 Å². The molecule has 0 saturated carbocycles. The van der Waals surface area contributed by atoms with Crippen molar-refractivity contribution in [3.05, 3.63) is 56.7 Å². The van der Waals surface area contributed by atoms with Crippen LogP contribution in [-0.4, -0.2) is 5.91 Å². The Kier molecular flexibility index (Phi) is 4.39. The molecule has 0 radical (unpaired) electrons. The molecule has 4 heteroatoms. The van der Waals surface area contributed by atoms with Crippen LogP contribution in [0.1, 0.15) is 27.7 Å². The van der Waals surface area contributed by atoms with Crippen molar-refractivity contribution in [2.24, 2.45) is 0 Å². The van der Waals surface area contributed by atoms with Crippen molar-refractivity contribution in [3.8, 4) is 0 Å². The number of aryl methyl sites for hydroxylation is 1. The fourth-order valence-electron chi connectivity index (χ4n) is 1.60. The van der Waals surface area contributed by atoms with Gasteiger partial charge in [0.25, 0.3) is 5.91 Å². The van der Waals surface area contributed by atoms with E-state index in [1.807, 2.05) is 35.7 Å². The maximum atomic E-state index is 11.9. The lowest BCUT2D eigenvalue weighted by atomic mass is 10.2. The number of carbonyl (C=O) groups is 1. The van der Waals surface area contributed by atoms with Gasteiger partial charge in [0, 0.05) is 21.8 Å². The highest BCUT2D eigenvalue weighted by Crippen LogP contribution is 2.17. The summed E-state index contributed by atoms with van der Waals surface area (Å²) < 4.78 is 0. The Morgan fingerprint density at radius 1 is 1.39 bits per heavy atom. The van der Waals surface area contributed by atoms with Crippen LogP contribution in [0.3, 0.4) is 0 Å². The second-order valence-electron chi connectivity index (χ2n) is 3.93. The van der Waals surface area contributed by atoms with Crippen LogP contribution in [0.4, 0.5) is 0 Å². The normalized spacial score (nSPS) is 10.3. The Bertz CT molecular complexity index is 550. The molecule has 0 saturated heterocycles. The van der Waals surface area contributed by atoms with Crippen LogP contribution >= 0.6 is 22.9 Å². The van der Waals surface area contributed by atoms with Crippen molar-refractivity contribution in [1.82, 2.24) is 5.32 Å². The average Bonchev–Trinajstić information content (AvgIpc) is 2.86. The first-order valence-corrected chi connectivity index (χ1v) is 7.05. The summed E-state index contributed by atoms with van der Waals surface area (Å²) in [5.74, 6) is -0.0501. The maximum Gasteiger partial charge on any atom is 0.252 e. The number of thiophene rings is 1. The first kappa shape index (κ1) is 13.1. The van der Waals surface area contributed by atoms with Gasteiger partial charge in [-0.1, -0.05) is 36.7 Å². The largest absolute Gasteiger partial charge is 0.348 e. The lowest BCUT2D eigenvalue weighted by Gasteiger charge is -2.05. The molecule has 1 amide bonds. The number of halogens is 1. The molecular formula is C14H14ClNOS. The summed E-state index contributed by atoms with van der Waals surface area (Å²) in [4.78, 5) is 13.1. The highest BCUT2D eigenvalue weighted by Gasteiger charge is 2.08. The molecule has 18 heavy (non-hydrogen) atoms. The van der Waals surface area contributed by atoms with Gasteiger partial charge in [0.2, 0.25) is 0 Å². The minimum Gasteiger partial charge on any atom is -0.348 e. The van der Waals surface area contributed by atoms with Crippen molar-refractivity contribution in [2.75, 3.05) is 0 Å². The summed E-state index contributed by atoms with van der Waals surface area (Å²) in [5, 5.41) is 5.44. The van der Waals surface area contributed by atoms with Gasteiger partial charge in [-0.25, -0.2) is 0 Å². The molecule has 1 heterocycles. The average molecular weight is 280 g/mol. The molecular weight excluding hydrogens is 266 g/mol. The quantitative estimate of drug-likeness (QED) is 0.904. The summed E-state index contributed by atoms with van der Waals surface area (Å²) in [7, 11) is 0. The summed E-state index contributed by atoms with van der Waals surface area (Å²) >= 11 is 7.65. The van der Waals surface area contributed by atoms with E-state index in [1.54, 1.807) is 11.3 Å². The van der Waals surface area contributed by atoms with E-state index in [4.69, 9.17) is 11.6 Å². The Hall–Kier alpha value is -1.32. The first-order chi connectivity index (χ1) is 8.70. The summed E-state index contributed by atoms with van der Waals surface area (Å²) in [6.07, 6.45) is 0.961. The molecule has 0 atom stereocenters. The molecule has 0 aliphatic rings. The van der Waals surface area contributed by atoms with E-state index in [0.717, 1.165) is 17.5 Å². The molecule has 0 fully saturated rings. The zero-order valence-electron chi connectivity index (χ0n) is 10.1. The molecule has 1 N–H and O–H groups in total. The number of carbonyl (C=O) groups excluding carboxylic acids is 1. The molecule has 0 aliphatic carbocycles. The van der Waals surface area contributed by atoms with Gasteiger partial charge in [-0.05, 0) is 24.1 Å². The van der Waals surface area contributed by atoms with Crippen molar-refractivity contribution in [2.45, 2.75) is 19.9 Å². The fourth-order valence-corrected chi connectivity index (χ4v) is 2.62. The molecule has 0 bridgehead atoms. The van der Waals surface area contributed by atoms with E-state index in [-0.39, 0.29) is 5.91 Å². The smallest absolute Gasteiger partial charge is 0.252 e. The Morgan fingerprint density at radius 3 is 2.83 bits per heavy atom. The molecule has 0 unspecified atom stereocenters. The number of hydrogen-bond donors (Lipinski definition) is 1. The third-order valence-electron chi connectivity index (χ3n) is 2.66. The summed E-state index contributed by atoms with van der Waals surface area (Å²) in [6, 6.07) is 9.45. The Morgan fingerprint density at radius 2 is 2.17 bits per heavy atom. The van der Waals surface area contributed by atoms with Gasteiger partial charge in [-0.2, -0.15) is 0 Å². The minimum atomic E-state index is -0.0501. The van der Waals surface area contributed by atoms with Gasteiger partial charge in [0.05, 0.1) is 5.56 Å². The van der Waals surface area contributed by atoms with Crippen LogP contribution < -0.4 is 5.32 Å². The molecule has 0 spiro atoms. The number of nitrogens with one attached hydrogen (secondary N) is 1. The third kappa shape index (κ3) is 3.12. The fraction of sp³-hybridized carbons (Fsp3) is 0.214.